The molecule has 0 saturated carbocycles. The Kier molecular flexibility index (Phi) is 7.30. The molecular weight excluding hydrogens is 230 g/mol. The summed E-state index contributed by atoms with van der Waals surface area (Å²) in [6.07, 6.45) is 6.01. The van der Waals surface area contributed by atoms with E-state index in [2.05, 4.69) is 31.3 Å². The van der Waals surface area contributed by atoms with Crippen LogP contribution in [0.1, 0.15) is 45.1 Å². The standard InChI is InChI=1S/C15H24ClN/c1-3-5-9-14(17-11-4-2)12-13-8-6-7-10-15(13)16/h6-8,10,14,17H,3-5,9,11-12H2,1-2H3. The van der Waals surface area contributed by atoms with Gasteiger partial charge in [0.2, 0.25) is 0 Å². The van der Waals surface area contributed by atoms with E-state index >= 15 is 0 Å². The van der Waals surface area contributed by atoms with Crippen molar-refractivity contribution in [3.8, 4) is 0 Å². The third-order valence-corrected chi connectivity index (χ3v) is 3.38. The van der Waals surface area contributed by atoms with Gasteiger partial charge in [-0.2, -0.15) is 0 Å². The quantitative estimate of drug-likeness (QED) is 0.722. The number of benzene rings is 1. The summed E-state index contributed by atoms with van der Waals surface area (Å²) in [7, 11) is 0. The van der Waals surface area contributed by atoms with Crippen LogP contribution in [-0.2, 0) is 6.42 Å². The van der Waals surface area contributed by atoms with Crippen LogP contribution in [0.3, 0.4) is 0 Å². The van der Waals surface area contributed by atoms with E-state index in [4.69, 9.17) is 11.6 Å². The summed E-state index contributed by atoms with van der Waals surface area (Å²) in [6, 6.07) is 8.74. The van der Waals surface area contributed by atoms with Crippen molar-refractivity contribution in [2.45, 2.75) is 52.0 Å². The molecule has 0 aliphatic heterocycles. The minimum absolute atomic E-state index is 0.565. The summed E-state index contributed by atoms with van der Waals surface area (Å²) in [5.74, 6) is 0. The molecule has 0 aromatic heterocycles. The Morgan fingerprint density at radius 2 is 1.94 bits per heavy atom. The fourth-order valence-electron chi connectivity index (χ4n) is 2.00. The van der Waals surface area contributed by atoms with Crippen molar-refractivity contribution in [2.75, 3.05) is 6.54 Å². The first-order valence-electron chi connectivity index (χ1n) is 6.74. The molecule has 0 fully saturated rings. The zero-order valence-electron chi connectivity index (χ0n) is 11.0. The van der Waals surface area contributed by atoms with Crippen molar-refractivity contribution in [2.24, 2.45) is 0 Å². The predicted octanol–water partition coefficient (Wildman–Crippen LogP) is 4.44. The van der Waals surface area contributed by atoms with Gasteiger partial charge in [0, 0.05) is 11.1 Å². The van der Waals surface area contributed by atoms with Gasteiger partial charge in [0.1, 0.15) is 0 Å². The molecular formula is C15H24ClN. The first-order chi connectivity index (χ1) is 8.27. The molecule has 1 aromatic carbocycles. The van der Waals surface area contributed by atoms with Gasteiger partial charge >= 0.3 is 0 Å². The highest BCUT2D eigenvalue weighted by Crippen LogP contribution is 2.18. The second kappa shape index (κ2) is 8.54. The van der Waals surface area contributed by atoms with Crippen LogP contribution < -0.4 is 5.32 Å². The highest BCUT2D eigenvalue weighted by molar-refractivity contribution is 6.31. The van der Waals surface area contributed by atoms with E-state index < -0.39 is 0 Å². The van der Waals surface area contributed by atoms with Crippen LogP contribution in [0, 0.1) is 0 Å². The Labute approximate surface area is 111 Å². The highest BCUT2D eigenvalue weighted by Gasteiger charge is 2.10. The van der Waals surface area contributed by atoms with Crippen LogP contribution in [0.15, 0.2) is 24.3 Å². The van der Waals surface area contributed by atoms with Gasteiger partial charge in [-0.3, -0.25) is 0 Å². The van der Waals surface area contributed by atoms with E-state index in [1.54, 1.807) is 0 Å². The summed E-state index contributed by atoms with van der Waals surface area (Å²) < 4.78 is 0. The largest absolute Gasteiger partial charge is 0.314 e. The smallest absolute Gasteiger partial charge is 0.0438 e. The minimum atomic E-state index is 0.565. The third kappa shape index (κ3) is 5.56. The molecule has 0 saturated heterocycles. The molecule has 0 amide bonds. The number of unbranched alkanes of at least 4 members (excludes halogenated alkanes) is 1. The molecule has 2 heteroatoms. The highest BCUT2D eigenvalue weighted by atomic mass is 35.5. The third-order valence-electron chi connectivity index (χ3n) is 3.01. The Morgan fingerprint density at radius 1 is 1.18 bits per heavy atom. The normalized spacial score (nSPS) is 12.6. The van der Waals surface area contributed by atoms with Gasteiger partial charge in [-0.25, -0.2) is 0 Å². The van der Waals surface area contributed by atoms with Crippen LogP contribution in [-0.4, -0.2) is 12.6 Å². The van der Waals surface area contributed by atoms with Gasteiger partial charge in [0.25, 0.3) is 0 Å². The summed E-state index contributed by atoms with van der Waals surface area (Å²) in [4.78, 5) is 0. The minimum Gasteiger partial charge on any atom is -0.314 e. The molecule has 0 bridgehead atoms. The first-order valence-corrected chi connectivity index (χ1v) is 7.12. The Balaban J connectivity index is 2.55. The fraction of sp³-hybridized carbons (Fsp3) is 0.600. The zero-order chi connectivity index (χ0) is 12.5. The van der Waals surface area contributed by atoms with Gasteiger partial charge < -0.3 is 5.32 Å². The number of hydrogen-bond donors (Lipinski definition) is 1. The number of hydrogen-bond acceptors (Lipinski definition) is 1. The number of nitrogens with one attached hydrogen (secondary N) is 1. The van der Waals surface area contributed by atoms with Crippen molar-refractivity contribution >= 4 is 11.6 Å². The summed E-state index contributed by atoms with van der Waals surface area (Å²) in [5, 5.41) is 4.52. The topological polar surface area (TPSA) is 12.0 Å². The van der Waals surface area contributed by atoms with Gasteiger partial charge in [-0.1, -0.05) is 56.5 Å². The van der Waals surface area contributed by atoms with Crippen molar-refractivity contribution in [1.29, 1.82) is 0 Å². The second-order valence-electron chi connectivity index (χ2n) is 4.59. The maximum atomic E-state index is 6.21. The molecule has 1 nitrogen and oxygen atoms in total. The lowest BCUT2D eigenvalue weighted by Crippen LogP contribution is -2.31. The van der Waals surface area contributed by atoms with Crippen molar-refractivity contribution in [3.63, 3.8) is 0 Å². The molecule has 0 aliphatic rings. The Bertz CT molecular complexity index is 304. The summed E-state index contributed by atoms with van der Waals surface area (Å²) in [5.41, 5.74) is 1.26. The zero-order valence-corrected chi connectivity index (χ0v) is 11.8. The molecule has 0 aliphatic carbocycles. The molecule has 96 valence electrons. The molecule has 1 rings (SSSR count). The van der Waals surface area contributed by atoms with E-state index in [9.17, 15) is 0 Å². The number of halogens is 1. The fourth-order valence-corrected chi connectivity index (χ4v) is 2.22. The molecule has 17 heavy (non-hydrogen) atoms. The van der Waals surface area contributed by atoms with Crippen LogP contribution >= 0.6 is 11.6 Å². The van der Waals surface area contributed by atoms with Gasteiger partial charge in [-0.05, 0) is 37.4 Å². The van der Waals surface area contributed by atoms with E-state index in [0.29, 0.717) is 6.04 Å². The van der Waals surface area contributed by atoms with E-state index in [1.807, 2.05) is 12.1 Å². The maximum Gasteiger partial charge on any atom is 0.0438 e. The Morgan fingerprint density at radius 3 is 2.59 bits per heavy atom. The van der Waals surface area contributed by atoms with Crippen LogP contribution in [0.5, 0.6) is 0 Å². The van der Waals surface area contributed by atoms with Crippen molar-refractivity contribution in [3.05, 3.63) is 34.9 Å². The Hall–Kier alpha value is -0.530. The molecule has 0 heterocycles. The van der Waals surface area contributed by atoms with Gasteiger partial charge in [-0.15, -0.1) is 0 Å². The maximum absolute atomic E-state index is 6.21. The van der Waals surface area contributed by atoms with E-state index in [-0.39, 0.29) is 0 Å². The lowest BCUT2D eigenvalue weighted by Gasteiger charge is -2.19. The molecule has 0 radical (unpaired) electrons. The first kappa shape index (κ1) is 14.5. The molecule has 1 aromatic rings. The van der Waals surface area contributed by atoms with Crippen molar-refractivity contribution < 1.29 is 0 Å². The molecule has 0 spiro atoms. The SMILES string of the molecule is CCCCC(Cc1ccccc1Cl)NCCC. The lowest BCUT2D eigenvalue weighted by atomic mass is 10.0. The lowest BCUT2D eigenvalue weighted by molar-refractivity contribution is 0.462. The summed E-state index contributed by atoms with van der Waals surface area (Å²) >= 11 is 6.21. The van der Waals surface area contributed by atoms with Gasteiger partial charge in [0.15, 0.2) is 0 Å². The molecule has 1 atom stereocenters. The average molecular weight is 254 g/mol. The molecule has 1 unspecified atom stereocenters. The van der Waals surface area contributed by atoms with E-state index in [1.165, 1.54) is 31.2 Å². The number of rotatable bonds is 8. The van der Waals surface area contributed by atoms with Crippen LogP contribution in [0.4, 0.5) is 0 Å². The second-order valence-corrected chi connectivity index (χ2v) is 5.00. The summed E-state index contributed by atoms with van der Waals surface area (Å²) in [6.45, 7) is 5.55. The predicted molar refractivity (Wildman–Crippen MR) is 76.8 cm³/mol. The van der Waals surface area contributed by atoms with E-state index in [0.717, 1.165) is 18.0 Å². The monoisotopic (exact) mass is 253 g/mol. The average Bonchev–Trinajstić information content (AvgIpc) is 2.35. The molecule has 1 N–H and O–H groups in total. The van der Waals surface area contributed by atoms with Crippen LogP contribution in [0.2, 0.25) is 5.02 Å². The van der Waals surface area contributed by atoms with Crippen molar-refractivity contribution in [1.82, 2.24) is 5.32 Å². The van der Waals surface area contributed by atoms with Gasteiger partial charge in [0.05, 0.1) is 0 Å². The van der Waals surface area contributed by atoms with Crippen LogP contribution in [0.25, 0.3) is 0 Å².